The number of halogens is 1. The molecule has 0 radical (unpaired) electrons. The molecule has 0 bridgehead atoms. The second kappa shape index (κ2) is 14.1. The van der Waals surface area contributed by atoms with Crippen LogP contribution in [0, 0.1) is 5.82 Å². The van der Waals surface area contributed by atoms with Crippen LogP contribution in [0.3, 0.4) is 0 Å². The zero-order valence-corrected chi connectivity index (χ0v) is 26.7. The lowest BCUT2D eigenvalue weighted by Gasteiger charge is -2.29. The van der Waals surface area contributed by atoms with Gasteiger partial charge in [-0.25, -0.2) is 4.39 Å². The van der Waals surface area contributed by atoms with Crippen molar-refractivity contribution in [3.8, 4) is 5.75 Å². The van der Waals surface area contributed by atoms with Crippen molar-refractivity contribution in [3.05, 3.63) is 136 Å². The van der Waals surface area contributed by atoms with Crippen molar-refractivity contribution in [2.24, 2.45) is 0 Å². The Labute approximate surface area is 274 Å². The van der Waals surface area contributed by atoms with Crippen LogP contribution < -0.4 is 10.1 Å². The predicted octanol–water partition coefficient (Wildman–Crippen LogP) is 6.47. The first kappa shape index (κ1) is 31.9. The third-order valence-corrected chi connectivity index (χ3v) is 8.86. The number of nitrogens with one attached hydrogen (secondary N) is 1. The molecule has 4 aromatic rings. The van der Waals surface area contributed by atoms with Crippen molar-refractivity contribution in [2.45, 2.75) is 45.3 Å². The Morgan fingerprint density at radius 2 is 1.57 bits per heavy atom. The fraction of sp³-hybridized carbons (Fsp3) is 0.256. The normalized spacial score (nSPS) is 16.6. The summed E-state index contributed by atoms with van der Waals surface area (Å²) in [5.74, 6) is -0.919. The number of likely N-dealkylation sites (N-methyl/N-ethyl adjacent to an activating group) is 1. The maximum Gasteiger partial charge on any atom is 0.255 e. The summed E-state index contributed by atoms with van der Waals surface area (Å²) in [6, 6.07) is 31.3. The van der Waals surface area contributed by atoms with E-state index >= 15 is 4.39 Å². The molecule has 0 spiro atoms. The van der Waals surface area contributed by atoms with E-state index in [2.05, 4.69) is 72.9 Å². The molecule has 240 valence electrons. The summed E-state index contributed by atoms with van der Waals surface area (Å²) < 4.78 is 21.2. The fourth-order valence-electron chi connectivity index (χ4n) is 6.45. The smallest absolute Gasteiger partial charge is 0.255 e. The number of hydrogen-bond donors (Lipinski definition) is 1. The maximum absolute atomic E-state index is 15.1. The number of rotatable bonds is 11. The lowest BCUT2D eigenvalue weighted by Crippen LogP contribution is -2.52. The van der Waals surface area contributed by atoms with Crippen molar-refractivity contribution in [1.29, 1.82) is 0 Å². The lowest BCUT2D eigenvalue weighted by atomic mass is 9.88. The minimum atomic E-state index is -0.730. The molecule has 1 saturated heterocycles. The molecule has 4 aromatic carbocycles. The number of nitrogens with zero attached hydrogens (tertiary/aromatic N) is 2. The summed E-state index contributed by atoms with van der Waals surface area (Å²) in [7, 11) is 1.90. The quantitative estimate of drug-likeness (QED) is 0.152. The van der Waals surface area contributed by atoms with Crippen LogP contribution in [0.2, 0.25) is 0 Å². The van der Waals surface area contributed by atoms with Gasteiger partial charge in [0.15, 0.2) is 0 Å². The Morgan fingerprint density at radius 3 is 2.23 bits per heavy atom. The summed E-state index contributed by atoms with van der Waals surface area (Å²) in [6.45, 7) is 3.70. The first-order valence-electron chi connectivity index (χ1n) is 16.0. The number of fused-ring (bicyclic) bond motifs is 1. The summed E-state index contributed by atoms with van der Waals surface area (Å²) >= 11 is 0. The predicted molar refractivity (Wildman–Crippen MR) is 180 cm³/mol. The van der Waals surface area contributed by atoms with Gasteiger partial charge < -0.3 is 9.64 Å². The second-order valence-electron chi connectivity index (χ2n) is 12.1. The van der Waals surface area contributed by atoms with Gasteiger partial charge in [-0.3, -0.25) is 24.6 Å². The molecule has 2 heterocycles. The number of ether oxygens (including phenoxy) is 1. The van der Waals surface area contributed by atoms with Crippen molar-refractivity contribution in [1.82, 2.24) is 15.1 Å². The highest BCUT2D eigenvalue weighted by Gasteiger charge is 2.39. The number of amides is 3. The highest BCUT2D eigenvalue weighted by atomic mass is 19.1. The number of piperidine rings is 1. The van der Waals surface area contributed by atoms with E-state index < -0.39 is 17.8 Å². The van der Waals surface area contributed by atoms with Gasteiger partial charge in [-0.05, 0) is 77.6 Å². The van der Waals surface area contributed by atoms with Crippen LogP contribution in [-0.2, 0) is 22.7 Å². The van der Waals surface area contributed by atoms with Gasteiger partial charge in [0.2, 0.25) is 11.8 Å². The zero-order chi connectivity index (χ0) is 32.9. The average molecular weight is 632 g/mol. The Balaban J connectivity index is 1.09. The number of carbonyl (C=O) groups is 3. The minimum Gasteiger partial charge on any atom is -0.492 e. The van der Waals surface area contributed by atoms with Crippen molar-refractivity contribution < 1.29 is 23.5 Å². The molecule has 1 atom stereocenters. The maximum atomic E-state index is 15.1. The van der Waals surface area contributed by atoms with E-state index in [0.717, 1.165) is 23.3 Å². The molecule has 2 aliphatic rings. The number of carbonyl (C=O) groups excluding carboxylic acids is 3. The van der Waals surface area contributed by atoms with Gasteiger partial charge in [0.05, 0.1) is 0 Å². The summed E-state index contributed by atoms with van der Waals surface area (Å²) in [5, 5.41) is 2.29. The molecule has 0 aliphatic carbocycles. The highest BCUT2D eigenvalue weighted by Crippen LogP contribution is 2.35. The highest BCUT2D eigenvalue weighted by molar-refractivity contribution is 6.05. The van der Waals surface area contributed by atoms with Crippen LogP contribution in [0.1, 0.15) is 64.4 Å². The fourth-order valence-corrected chi connectivity index (χ4v) is 6.45. The SMILES string of the molecule is CCC(=C(c1ccccc1)c1ccc(OCCN(C)Cc2cc3c(cc2F)C(=O)N(C2CCC(=O)NC2=O)C3)cc1)c1ccccc1. The van der Waals surface area contributed by atoms with Crippen molar-refractivity contribution >= 4 is 28.9 Å². The van der Waals surface area contributed by atoms with Crippen LogP contribution in [0.4, 0.5) is 4.39 Å². The van der Waals surface area contributed by atoms with E-state index in [1.54, 1.807) is 6.07 Å². The molecule has 0 aromatic heterocycles. The Morgan fingerprint density at radius 1 is 0.915 bits per heavy atom. The molecule has 0 saturated carbocycles. The molecular weight excluding hydrogens is 593 g/mol. The van der Waals surface area contributed by atoms with Gasteiger partial charge in [0.25, 0.3) is 5.91 Å². The molecular formula is C39H38FN3O4. The molecule has 1 fully saturated rings. The molecule has 6 rings (SSSR count). The molecule has 1 N–H and O–H groups in total. The second-order valence-corrected chi connectivity index (χ2v) is 12.1. The number of allylic oxidation sites excluding steroid dienone is 1. The van der Waals surface area contributed by atoms with Crippen LogP contribution >= 0.6 is 0 Å². The Kier molecular flexibility index (Phi) is 9.59. The Hall–Kier alpha value is -5.08. The van der Waals surface area contributed by atoms with Crippen molar-refractivity contribution in [3.63, 3.8) is 0 Å². The first-order chi connectivity index (χ1) is 22.8. The van der Waals surface area contributed by atoms with Gasteiger partial charge in [0.1, 0.15) is 24.2 Å². The van der Waals surface area contributed by atoms with E-state index in [0.29, 0.717) is 30.8 Å². The number of hydrogen-bond acceptors (Lipinski definition) is 5. The molecule has 1 unspecified atom stereocenters. The largest absolute Gasteiger partial charge is 0.492 e. The lowest BCUT2D eigenvalue weighted by molar-refractivity contribution is -0.136. The van der Waals surface area contributed by atoms with Gasteiger partial charge in [-0.15, -0.1) is 0 Å². The van der Waals surface area contributed by atoms with Crippen LogP contribution in [-0.4, -0.2) is 53.8 Å². The average Bonchev–Trinajstić information content (AvgIpc) is 3.39. The summed E-state index contributed by atoms with van der Waals surface area (Å²) in [6.07, 6.45) is 1.33. The Bertz CT molecular complexity index is 1810. The van der Waals surface area contributed by atoms with Gasteiger partial charge >= 0.3 is 0 Å². The number of benzene rings is 4. The third-order valence-electron chi connectivity index (χ3n) is 8.86. The van der Waals surface area contributed by atoms with Crippen LogP contribution in [0.25, 0.3) is 11.1 Å². The molecule has 8 heteroatoms. The van der Waals surface area contributed by atoms with E-state index in [9.17, 15) is 14.4 Å². The van der Waals surface area contributed by atoms with Gasteiger partial charge in [0, 0.05) is 37.2 Å². The van der Waals surface area contributed by atoms with E-state index in [-0.39, 0.29) is 36.8 Å². The van der Waals surface area contributed by atoms with Gasteiger partial charge in [-0.1, -0.05) is 79.7 Å². The van der Waals surface area contributed by atoms with E-state index in [1.807, 2.05) is 36.2 Å². The van der Waals surface area contributed by atoms with Gasteiger partial charge in [-0.2, -0.15) is 0 Å². The third kappa shape index (κ3) is 7.03. The van der Waals surface area contributed by atoms with Crippen molar-refractivity contribution in [2.75, 3.05) is 20.2 Å². The summed E-state index contributed by atoms with van der Waals surface area (Å²) in [4.78, 5) is 40.3. The molecule has 2 aliphatic heterocycles. The minimum absolute atomic E-state index is 0.174. The van der Waals surface area contributed by atoms with Crippen LogP contribution in [0.15, 0.2) is 97.1 Å². The van der Waals surface area contributed by atoms with E-state index in [1.165, 1.54) is 27.7 Å². The zero-order valence-electron chi connectivity index (χ0n) is 26.7. The molecule has 3 amide bonds. The summed E-state index contributed by atoms with van der Waals surface area (Å²) in [5.41, 5.74) is 7.38. The first-order valence-corrected chi connectivity index (χ1v) is 16.0. The monoisotopic (exact) mass is 631 g/mol. The standard InChI is InChI=1S/C39H38FN3O4/c1-3-32(26-10-6-4-7-11-26)37(27-12-8-5-9-13-27)28-14-16-31(17-15-28)47-21-20-42(2)24-30-22-29-25-43(39(46)33(29)23-34(30)40)35-18-19-36(44)41-38(35)45/h4-17,22-23,35H,3,18-21,24-25H2,1-2H3,(H,41,44,45). The topological polar surface area (TPSA) is 79.0 Å². The molecule has 7 nitrogen and oxygen atoms in total. The molecule has 47 heavy (non-hydrogen) atoms. The van der Waals surface area contributed by atoms with Crippen LogP contribution in [0.5, 0.6) is 5.75 Å². The number of imide groups is 1. The van der Waals surface area contributed by atoms with E-state index in [4.69, 9.17) is 4.74 Å².